The Labute approximate surface area is 269 Å². The SMILES string of the molecule is N#Cc1ccc(C(=O)N(c2ccn3nccc3c2)C2CC2)nc1.N#Cc1ccc(C(=O)O)nc1.c1cc2cc(NC3CC3)ccn2n1. The topological polar surface area (TPSA) is 178 Å². The van der Waals surface area contributed by atoms with E-state index in [1.54, 1.807) is 27.7 Å². The maximum atomic E-state index is 12.9. The molecule has 0 unspecified atom stereocenters. The van der Waals surface area contributed by atoms with E-state index in [1.807, 2.05) is 59.5 Å². The van der Waals surface area contributed by atoms with Crippen LogP contribution in [0.4, 0.5) is 11.4 Å². The minimum atomic E-state index is -1.09. The average Bonchev–Trinajstić information content (AvgIpc) is 4.02. The molecule has 2 aliphatic rings. The number of carboxylic acid groups (broad SMARTS) is 1. The molecule has 0 atom stereocenters. The van der Waals surface area contributed by atoms with Crippen molar-refractivity contribution in [3.63, 3.8) is 0 Å². The van der Waals surface area contributed by atoms with Gasteiger partial charge in [0.1, 0.15) is 23.5 Å². The lowest BCUT2D eigenvalue weighted by Crippen LogP contribution is -2.33. The van der Waals surface area contributed by atoms with Crippen molar-refractivity contribution in [3.05, 3.63) is 120 Å². The van der Waals surface area contributed by atoms with E-state index >= 15 is 0 Å². The van der Waals surface area contributed by atoms with Gasteiger partial charge in [0.25, 0.3) is 5.91 Å². The zero-order valence-corrected chi connectivity index (χ0v) is 25.0. The number of fused-ring (bicyclic) bond motifs is 2. The van der Waals surface area contributed by atoms with E-state index in [0.29, 0.717) is 22.9 Å². The third-order valence-corrected chi connectivity index (χ3v) is 7.36. The van der Waals surface area contributed by atoms with E-state index in [0.717, 1.165) is 29.6 Å². The Hall–Kier alpha value is -6.60. The van der Waals surface area contributed by atoms with E-state index < -0.39 is 5.97 Å². The molecule has 6 aromatic heterocycles. The molecule has 13 nitrogen and oxygen atoms in total. The molecule has 0 radical (unpaired) electrons. The molecule has 6 aromatic rings. The molecule has 1 amide bonds. The number of pyridine rings is 4. The number of aromatic carboxylic acids is 1. The number of amides is 1. The number of carboxylic acids is 1. The fraction of sp³-hybridized carbons (Fsp3) is 0.176. The third kappa shape index (κ3) is 7.56. The molecule has 2 saturated carbocycles. The van der Waals surface area contributed by atoms with Crippen molar-refractivity contribution >= 4 is 34.3 Å². The Morgan fingerprint density at radius 2 is 1.38 bits per heavy atom. The van der Waals surface area contributed by atoms with Gasteiger partial charge in [-0.05, 0) is 86.3 Å². The first-order valence-corrected chi connectivity index (χ1v) is 14.8. The number of nitriles is 2. The third-order valence-electron chi connectivity index (χ3n) is 7.36. The largest absolute Gasteiger partial charge is 0.477 e. The minimum Gasteiger partial charge on any atom is -0.477 e. The zero-order valence-electron chi connectivity index (χ0n) is 25.0. The summed E-state index contributed by atoms with van der Waals surface area (Å²) in [7, 11) is 0. The van der Waals surface area contributed by atoms with Gasteiger partial charge < -0.3 is 15.3 Å². The Balaban J connectivity index is 0.000000136. The normalized spacial score (nSPS) is 13.2. The molecule has 47 heavy (non-hydrogen) atoms. The highest BCUT2D eigenvalue weighted by Crippen LogP contribution is 2.33. The van der Waals surface area contributed by atoms with E-state index in [4.69, 9.17) is 15.6 Å². The van der Waals surface area contributed by atoms with Crippen LogP contribution in [0.2, 0.25) is 0 Å². The van der Waals surface area contributed by atoms with Crippen LogP contribution in [0.15, 0.2) is 97.8 Å². The smallest absolute Gasteiger partial charge is 0.354 e. The first kappa shape index (κ1) is 30.4. The maximum Gasteiger partial charge on any atom is 0.354 e. The first-order valence-electron chi connectivity index (χ1n) is 14.8. The van der Waals surface area contributed by atoms with Crippen LogP contribution in [0.25, 0.3) is 11.0 Å². The van der Waals surface area contributed by atoms with Crippen molar-refractivity contribution in [1.29, 1.82) is 10.5 Å². The molecule has 13 heteroatoms. The first-order chi connectivity index (χ1) is 22.9. The molecule has 0 aliphatic heterocycles. The van der Waals surface area contributed by atoms with Crippen molar-refractivity contribution in [1.82, 2.24) is 29.2 Å². The predicted octanol–water partition coefficient (Wildman–Crippen LogP) is 4.97. The molecule has 2 fully saturated rings. The molecule has 6 heterocycles. The lowest BCUT2D eigenvalue weighted by Gasteiger charge is -2.22. The predicted molar refractivity (Wildman–Crippen MR) is 172 cm³/mol. The number of nitrogens with one attached hydrogen (secondary N) is 1. The maximum absolute atomic E-state index is 12.9. The van der Waals surface area contributed by atoms with Gasteiger partial charge >= 0.3 is 5.97 Å². The molecule has 0 bridgehead atoms. The van der Waals surface area contributed by atoms with Gasteiger partial charge in [0.05, 0.1) is 22.2 Å². The van der Waals surface area contributed by atoms with Crippen LogP contribution in [0.1, 0.15) is 57.8 Å². The standard InChI is InChI=1S/C17H13N5O.C10H11N3.C7H4N2O2/c18-10-12-1-4-16(19-11-12)17(23)22(13-2-3-13)15-6-8-21-14(9-15)5-7-20-21;1-2-8(1)12-9-4-6-13-10(7-9)3-5-11-13;8-3-5-1-2-6(7(10)11)9-4-5/h1,4-9,11,13H,2-3H2;3-8,12H,1-2H2;1-2,4H,(H,10,11). The van der Waals surface area contributed by atoms with Crippen LogP contribution >= 0.6 is 0 Å². The van der Waals surface area contributed by atoms with Crippen molar-refractivity contribution in [2.45, 2.75) is 37.8 Å². The molecule has 2 N–H and O–H groups in total. The summed E-state index contributed by atoms with van der Waals surface area (Å²) in [6.45, 7) is 0. The fourth-order valence-electron chi connectivity index (χ4n) is 4.66. The summed E-state index contributed by atoms with van der Waals surface area (Å²) in [5, 5.41) is 37.3. The highest BCUT2D eigenvalue weighted by atomic mass is 16.4. The summed E-state index contributed by atoms with van der Waals surface area (Å²) in [6.07, 6.45) is 14.6. The number of aromatic nitrogens is 6. The van der Waals surface area contributed by atoms with E-state index in [2.05, 4.69) is 37.6 Å². The summed E-state index contributed by atoms with van der Waals surface area (Å²) in [5.74, 6) is -1.23. The summed E-state index contributed by atoms with van der Waals surface area (Å²) < 4.78 is 3.64. The number of rotatable bonds is 6. The highest BCUT2D eigenvalue weighted by molar-refractivity contribution is 6.05. The van der Waals surface area contributed by atoms with E-state index in [-0.39, 0.29) is 17.6 Å². The van der Waals surface area contributed by atoms with Crippen molar-refractivity contribution in [3.8, 4) is 12.1 Å². The van der Waals surface area contributed by atoms with Gasteiger partial charge in [0.15, 0.2) is 0 Å². The monoisotopic (exact) mass is 624 g/mol. The lowest BCUT2D eigenvalue weighted by molar-refractivity contribution is 0.0690. The van der Waals surface area contributed by atoms with Gasteiger partial charge in [-0.1, -0.05) is 0 Å². The molecule has 232 valence electrons. The average molecular weight is 625 g/mol. The highest BCUT2D eigenvalue weighted by Gasteiger charge is 2.35. The van der Waals surface area contributed by atoms with Gasteiger partial charge in [0.2, 0.25) is 0 Å². The summed E-state index contributed by atoms with van der Waals surface area (Å²) in [4.78, 5) is 32.6. The van der Waals surface area contributed by atoms with Gasteiger partial charge in [0, 0.05) is 60.6 Å². The van der Waals surface area contributed by atoms with Crippen LogP contribution in [-0.4, -0.2) is 58.3 Å². The number of hydrogen-bond donors (Lipinski definition) is 2. The molecule has 8 rings (SSSR count). The van der Waals surface area contributed by atoms with Crippen molar-refractivity contribution in [2.75, 3.05) is 10.2 Å². The fourth-order valence-corrected chi connectivity index (χ4v) is 4.66. The zero-order chi connectivity index (χ0) is 32.8. The van der Waals surface area contributed by atoms with Crippen LogP contribution in [-0.2, 0) is 0 Å². The second kappa shape index (κ2) is 13.6. The van der Waals surface area contributed by atoms with E-state index in [1.165, 1.54) is 43.1 Å². The van der Waals surface area contributed by atoms with Crippen LogP contribution in [0.5, 0.6) is 0 Å². The second-order valence-corrected chi connectivity index (χ2v) is 10.9. The Kier molecular flexibility index (Phi) is 8.79. The van der Waals surface area contributed by atoms with Gasteiger partial charge in [-0.15, -0.1) is 0 Å². The molecule has 2 aliphatic carbocycles. The molecule has 0 aromatic carbocycles. The van der Waals surface area contributed by atoms with Gasteiger partial charge in [-0.25, -0.2) is 23.8 Å². The van der Waals surface area contributed by atoms with E-state index in [9.17, 15) is 9.59 Å². The number of carbonyl (C=O) groups is 2. The summed E-state index contributed by atoms with van der Waals surface area (Å²) in [6, 6.07) is 22.7. The van der Waals surface area contributed by atoms with Gasteiger partial charge in [-0.2, -0.15) is 20.7 Å². The van der Waals surface area contributed by atoms with Crippen molar-refractivity contribution < 1.29 is 14.7 Å². The van der Waals surface area contributed by atoms with Crippen molar-refractivity contribution in [2.24, 2.45) is 0 Å². The summed E-state index contributed by atoms with van der Waals surface area (Å²) >= 11 is 0. The number of carbonyl (C=O) groups excluding carboxylic acids is 1. The number of nitrogens with zero attached hydrogens (tertiary/aromatic N) is 9. The Morgan fingerprint density at radius 1 is 0.787 bits per heavy atom. The quantitative estimate of drug-likeness (QED) is 0.257. The minimum absolute atomic E-state index is 0.0519. The number of hydrogen-bond acceptors (Lipinski definition) is 9. The lowest BCUT2D eigenvalue weighted by atomic mass is 10.2. The Bertz CT molecular complexity index is 2120. The van der Waals surface area contributed by atoms with Gasteiger partial charge in [-0.3, -0.25) is 4.79 Å². The molecular formula is C34H28N10O3. The van der Waals surface area contributed by atoms with Crippen LogP contribution in [0.3, 0.4) is 0 Å². The Morgan fingerprint density at radius 3 is 1.91 bits per heavy atom. The molecule has 0 saturated heterocycles. The van der Waals surface area contributed by atoms with Crippen LogP contribution < -0.4 is 10.2 Å². The van der Waals surface area contributed by atoms with Crippen LogP contribution in [0, 0.1) is 22.7 Å². The second-order valence-electron chi connectivity index (χ2n) is 10.9. The summed E-state index contributed by atoms with van der Waals surface area (Å²) in [5.41, 5.74) is 5.23. The molecular weight excluding hydrogens is 596 g/mol. The number of anilines is 2. The molecule has 0 spiro atoms.